The Labute approximate surface area is 108 Å². The lowest BCUT2D eigenvalue weighted by atomic mass is 9.87. The molecule has 1 aromatic carbocycles. The standard InChI is InChI=1S/C15H19N3/c1-18(2)11-15(16-9-10-17-15)14-8-7-12-5-3-4-6-13(12)14/h3-6,9-10,14H,7-8,11H2,1-2H3. The van der Waals surface area contributed by atoms with Crippen LogP contribution in [0.3, 0.4) is 0 Å². The van der Waals surface area contributed by atoms with Gasteiger partial charge in [-0.1, -0.05) is 24.3 Å². The lowest BCUT2D eigenvalue weighted by Gasteiger charge is -2.33. The maximum atomic E-state index is 4.70. The number of hydrogen-bond donors (Lipinski definition) is 0. The summed E-state index contributed by atoms with van der Waals surface area (Å²) in [6.07, 6.45) is 6.01. The molecule has 3 nitrogen and oxygen atoms in total. The van der Waals surface area contributed by atoms with E-state index < -0.39 is 0 Å². The lowest BCUT2D eigenvalue weighted by molar-refractivity contribution is 0.257. The van der Waals surface area contributed by atoms with Crippen LogP contribution in [0.5, 0.6) is 0 Å². The van der Waals surface area contributed by atoms with Crippen molar-refractivity contribution in [3.8, 4) is 0 Å². The summed E-state index contributed by atoms with van der Waals surface area (Å²) in [7, 11) is 4.18. The summed E-state index contributed by atoms with van der Waals surface area (Å²) in [5.41, 5.74) is 2.62. The number of rotatable bonds is 3. The molecule has 2 aliphatic rings. The average Bonchev–Trinajstić information content (AvgIpc) is 2.94. The molecule has 0 N–H and O–H groups in total. The molecule has 18 heavy (non-hydrogen) atoms. The molecule has 0 aromatic heterocycles. The van der Waals surface area contributed by atoms with E-state index in [2.05, 4.69) is 43.3 Å². The van der Waals surface area contributed by atoms with Gasteiger partial charge < -0.3 is 4.90 Å². The van der Waals surface area contributed by atoms with E-state index in [4.69, 9.17) is 9.98 Å². The molecule has 1 aromatic rings. The third kappa shape index (κ3) is 1.79. The predicted octanol–water partition coefficient (Wildman–Crippen LogP) is 2.13. The van der Waals surface area contributed by atoms with Gasteiger partial charge in [-0.15, -0.1) is 0 Å². The van der Waals surface area contributed by atoms with E-state index in [1.807, 2.05) is 12.4 Å². The van der Waals surface area contributed by atoms with Gasteiger partial charge in [-0.05, 0) is 38.1 Å². The van der Waals surface area contributed by atoms with Crippen LogP contribution in [-0.2, 0) is 6.42 Å². The Morgan fingerprint density at radius 1 is 1.22 bits per heavy atom. The molecule has 0 fully saturated rings. The molecule has 1 aliphatic carbocycles. The van der Waals surface area contributed by atoms with Crippen molar-refractivity contribution in [1.29, 1.82) is 0 Å². The molecule has 1 unspecified atom stereocenters. The fraction of sp³-hybridized carbons (Fsp3) is 0.467. The molecule has 3 heteroatoms. The molecular formula is C15H19N3. The van der Waals surface area contributed by atoms with E-state index >= 15 is 0 Å². The lowest BCUT2D eigenvalue weighted by Crippen LogP contribution is -2.40. The number of hydrogen-bond acceptors (Lipinski definition) is 3. The fourth-order valence-electron chi connectivity index (χ4n) is 3.23. The van der Waals surface area contributed by atoms with Gasteiger partial charge in [-0.3, -0.25) is 9.98 Å². The van der Waals surface area contributed by atoms with E-state index in [1.54, 1.807) is 0 Å². The monoisotopic (exact) mass is 241 g/mol. The Bertz CT molecular complexity index is 490. The van der Waals surface area contributed by atoms with Gasteiger partial charge in [0.2, 0.25) is 0 Å². The predicted molar refractivity (Wildman–Crippen MR) is 75.8 cm³/mol. The molecule has 1 heterocycles. The highest BCUT2D eigenvalue weighted by Crippen LogP contribution is 2.44. The third-order valence-electron chi connectivity index (χ3n) is 3.90. The third-order valence-corrected chi connectivity index (χ3v) is 3.90. The Morgan fingerprint density at radius 3 is 2.67 bits per heavy atom. The summed E-state index contributed by atoms with van der Waals surface area (Å²) >= 11 is 0. The highest BCUT2D eigenvalue weighted by molar-refractivity contribution is 6.17. The minimum atomic E-state index is -0.296. The highest BCUT2D eigenvalue weighted by Gasteiger charge is 2.43. The molecular weight excluding hydrogens is 222 g/mol. The molecule has 0 amide bonds. The zero-order valence-corrected chi connectivity index (χ0v) is 11.0. The SMILES string of the molecule is CN(C)CC1(C2CCc3ccccc32)N=CC=N1. The summed E-state index contributed by atoms with van der Waals surface area (Å²) in [5.74, 6) is 0.422. The van der Waals surface area contributed by atoms with E-state index in [0.29, 0.717) is 5.92 Å². The summed E-state index contributed by atoms with van der Waals surface area (Å²) in [6.45, 7) is 0.874. The summed E-state index contributed by atoms with van der Waals surface area (Å²) in [5, 5.41) is 0. The largest absolute Gasteiger partial charge is 0.305 e. The Morgan fingerprint density at radius 2 is 1.94 bits per heavy atom. The smallest absolute Gasteiger partial charge is 0.169 e. The molecule has 0 saturated heterocycles. The van der Waals surface area contributed by atoms with Crippen LogP contribution in [0.15, 0.2) is 34.3 Å². The van der Waals surface area contributed by atoms with Gasteiger partial charge in [0.1, 0.15) is 0 Å². The minimum absolute atomic E-state index is 0.296. The van der Waals surface area contributed by atoms with Crippen LogP contribution in [0.2, 0.25) is 0 Å². The van der Waals surface area contributed by atoms with Crippen LogP contribution in [0.25, 0.3) is 0 Å². The van der Waals surface area contributed by atoms with Gasteiger partial charge in [0.05, 0.1) is 0 Å². The number of nitrogens with zero attached hydrogens (tertiary/aromatic N) is 3. The van der Waals surface area contributed by atoms with Crippen molar-refractivity contribution in [3.63, 3.8) is 0 Å². The van der Waals surface area contributed by atoms with Gasteiger partial charge in [0.25, 0.3) is 0 Å². The van der Waals surface area contributed by atoms with Crippen molar-refractivity contribution in [2.24, 2.45) is 9.98 Å². The first-order chi connectivity index (χ1) is 8.71. The van der Waals surface area contributed by atoms with E-state index in [1.165, 1.54) is 11.1 Å². The molecule has 94 valence electrons. The van der Waals surface area contributed by atoms with Crippen molar-refractivity contribution in [3.05, 3.63) is 35.4 Å². The van der Waals surface area contributed by atoms with Crippen molar-refractivity contribution in [1.82, 2.24) is 4.90 Å². The maximum absolute atomic E-state index is 4.70. The van der Waals surface area contributed by atoms with Crippen LogP contribution in [0.1, 0.15) is 23.5 Å². The first-order valence-electron chi connectivity index (χ1n) is 6.53. The van der Waals surface area contributed by atoms with Crippen molar-refractivity contribution < 1.29 is 0 Å². The van der Waals surface area contributed by atoms with E-state index in [9.17, 15) is 0 Å². The quantitative estimate of drug-likeness (QED) is 0.796. The van der Waals surface area contributed by atoms with Crippen LogP contribution in [-0.4, -0.2) is 43.6 Å². The van der Waals surface area contributed by atoms with E-state index in [-0.39, 0.29) is 5.66 Å². The maximum Gasteiger partial charge on any atom is 0.169 e. The number of aliphatic imine (C=N–C) groups is 2. The van der Waals surface area contributed by atoms with Crippen molar-refractivity contribution >= 4 is 12.4 Å². The van der Waals surface area contributed by atoms with Gasteiger partial charge in [-0.25, -0.2) is 0 Å². The fourth-order valence-corrected chi connectivity index (χ4v) is 3.23. The Hall–Kier alpha value is -1.48. The van der Waals surface area contributed by atoms with Crippen LogP contribution in [0.4, 0.5) is 0 Å². The number of benzene rings is 1. The second-order valence-electron chi connectivity index (χ2n) is 5.46. The molecule has 0 saturated carbocycles. The molecule has 3 rings (SSSR count). The summed E-state index contributed by atoms with van der Waals surface area (Å²) in [6, 6.07) is 8.73. The molecule has 0 spiro atoms. The van der Waals surface area contributed by atoms with Gasteiger partial charge in [-0.2, -0.15) is 0 Å². The topological polar surface area (TPSA) is 28.0 Å². The highest BCUT2D eigenvalue weighted by atomic mass is 15.2. The van der Waals surface area contributed by atoms with Gasteiger partial charge in [0, 0.05) is 24.9 Å². The Balaban J connectivity index is 1.99. The number of likely N-dealkylation sites (N-methyl/N-ethyl adjacent to an activating group) is 1. The van der Waals surface area contributed by atoms with Crippen LogP contribution in [0, 0.1) is 0 Å². The normalized spacial score (nSPS) is 23.8. The first-order valence-corrected chi connectivity index (χ1v) is 6.53. The van der Waals surface area contributed by atoms with Crippen molar-refractivity contribution in [2.75, 3.05) is 20.6 Å². The minimum Gasteiger partial charge on any atom is -0.305 e. The summed E-state index contributed by atoms with van der Waals surface area (Å²) < 4.78 is 0. The average molecular weight is 241 g/mol. The van der Waals surface area contributed by atoms with Crippen molar-refractivity contribution in [2.45, 2.75) is 24.4 Å². The zero-order valence-electron chi connectivity index (χ0n) is 11.0. The molecule has 1 atom stereocenters. The molecule has 0 radical (unpaired) electrons. The Kier molecular flexibility index (Phi) is 2.78. The first kappa shape index (κ1) is 11.6. The second-order valence-corrected chi connectivity index (χ2v) is 5.46. The number of fused-ring (bicyclic) bond motifs is 1. The zero-order chi connectivity index (χ0) is 12.6. The molecule has 1 aliphatic heterocycles. The van der Waals surface area contributed by atoms with Gasteiger partial charge >= 0.3 is 0 Å². The van der Waals surface area contributed by atoms with Crippen LogP contribution >= 0.6 is 0 Å². The second kappa shape index (κ2) is 4.32. The van der Waals surface area contributed by atoms with Crippen LogP contribution < -0.4 is 0 Å². The number of aryl methyl sites for hydroxylation is 1. The van der Waals surface area contributed by atoms with E-state index in [0.717, 1.165) is 19.4 Å². The molecule has 0 bridgehead atoms. The van der Waals surface area contributed by atoms with Gasteiger partial charge in [0.15, 0.2) is 5.66 Å². The summed E-state index contributed by atoms with van der Waals surface area (Å²) in [4.78, 5) is 11.6.